The molecule has 0 atom stereocenters. The van der Waals surface area contributed by atoms with Crippen LogP contribution in [0.5, 0.6) is 0 Å². The number of rotatable bonds is 8. The second-order valence-corrected chi connectivity index (χ2v) is 9.64. The summed E-state index contributed by atoms with van der Waals surface area (Å²) >= 11 is 0. The molecule has 0 bridgehead atoms. The van der Waals surface area contributed by atoms with Crippen LogP contribution in [0.2, 0.25) is 0 Å². The summed E-state index contributed by atoms with van der Waals surface area (Å²) in [5.74, 6) is -0.480. The molecule has 33 heavy (non-hydrogen) atoms. The van der Waals surface area contributed by atoms with Crippen molar-refractivity contribution < 1.29 is 22.4 Å². The van der Waals surface area contributed by atoms with E-state index in [9.17, 15) is 13.2 Å². The third-order valence-corrected chi connectivity index (χ3v) is 6.88. The molecule has 0 fully saturated rings. The first kappa shape index (κ1) is 22.8. The Kier molecular flexibility index (Phi) is 6.40. The molecule has 172 valence electrons. The number of fused-ring (bicyclic) bond motifs is 1. The molecular weight excluding hydrogens is 440 g/mol. The predicted octanol–water partition coefficient (Wildman–Crippen LogP) is 4.55. The number of esters is 1. The van der Waals surface area contributed by atoms with Crippen LogP contribution in [0, 0.1) is 13.8 Å². The Hall–Kier alpha value is -3.36. The summed E-state index contributed by atoms with van der Waals surface area (Å²) in [5.41, 5.74) is 4.16. The van der Waals surface area contributed by atoms with Gasteiger partial charge in [-0.25, -0.2) is 17.9 Å². The highest BCUT2D eigenvalue weighted by atomic mass is 32.2. The summed E-state index contributed by atoms with van der Waals surface area (Å²) in [6, 6.07) is 16.6. The molecule has 0 aliphatic heterocycles. The number of aromatic nitrogens is 1. The van der Waals surface area contributed by atoms with Crippen molar-refractivity contribution in [3.8, 4) is 0 Å². The van der Waals surface area contributed by atoms with Gasteiger partial charge in [0.25, 0.3) is 0 Å². The number of benzene rings is 2. The largest absolute Gasteiger partial charge is 0.460 e. The van der Waals surface area contributed by atoms with Crippen molar-refractivity contribution in [1.29, 1.82) is 0 Å². The van der Waals surface area contributed by atoms with Crippen LogP contribution in [-0.4, -0.2) is 25.6 Å². The predicted molar refractivity (Wildman–Crippen MR) is 126 cm³/mol. The Bertz CT molecular complexity index is 1420. The van der Waals surface area contributed by atoms with Crippen LogP contribution in [0.25, 0.3) is 11.0 Å². The summed E-state index contributed by atoms with van der Waals surface area (Å²) in [6.07, 6.45) is 1.93. The van der Waals surface area contributed by atoms with Crippen molar-refractivity contribution in [1.82, 2.24) is 9.29 Å². The van der Waals surface area contributed by atoms with Crippen molar-refractivity contribution in [3.05, 3.63) is 88.9 Å². The molecule has 4 aromatic rings. The maximum atomic E-state index is 13.0. The first-order chi connectivity index (χ1) is 15.8. The highest BCUT2D eigenvalue weighted by molar-refractivity contribution is 7.89. The minimum atomic E-state index is -3.78. The molecule has 8 heteroatoms. The molecule has 1 N–H and O–H groups in total. The van der Waals surface area contributed by atoms with Gasteiger partial charge >= 0.3 is 5.97 Å². The van der Waals surface area contributed by atoms with Crippen LogP contribution < -0.4 is 4.72 Å². The number of carbonyl (C=O) groups is 1. The average molecular weight is 467 g/mol. The smallest absolute Gasteiger partial charge is 0.374 e. The summed E-state index contributed by atoms with van der Waals surface area (Å²) < 4.78 is 41.3. The van der Waals surface area contributed by atoms with Crippen molar-refractivity contribution in [2.75, 3.05) is 6.61 Å². The molecule has 0 aliphatic carbocycles. The van der Waals surface area contributed by atoms with Gasteiger partial charge in [0.1, 0.15) is 5.58 Å². The van der Waals surface area contributed by atoms with Gasteiger partial charge in [-0.1, -0.05) is 29.8 Å². The Balaban J connectivity index is 1.53. The first-order valence-electron chi connectivity index (χ1n) is 10.7. The van der Waals surface area contributed by atoms with Gasteiger partial charge < -0.3 is 13.7 Å². The molecule has 0 radical (unpaired) electrons. The molecule has 0 aliphatic rings. The average Bonchev–Trinajstić information content (AvgIpc) is 3.36. The molecule has 0 saturated heterocycles. The summed E-state index contributed by atoms with van der Waals surface area (Å²) in [5, 5.41) is 0.559. The van der Waals surface area contributed by atoms with E-state index in [1.165, 1.54) is 17.7 Å². The third-order valence-electron chi connectivity index (χ3n) is 5.48. The zero-order valence-electron chi connectivity index (χ0n) is 18.8. The minimum Gasteiger partial charge on any atom is -0.460 e. The highest BCUT2D eigenvalue weighted by Crippen LogP contribution is 2.28. The van der Waals surface area contributed by atoms with Crippen LogP contribution in [0.1, 0.15) is 39.9 Å². The van der Waals surface area contributed by atoms with Crippen LogP contribution >= 0.6 is 0 Å². The number of carbonyl (C=O) groups excluding carboxylic acids is 1. The zero-order chi connectivity index (χ0) is 23.6. The van der Waals surface area contributed by atoms with Gasteiger partial charge in [0.2, 0.25) is 15.8 Å². The van der Waals surface area contributed by atoms with Gasteiger partial charge in [0, 0.05) is 29.4 Å². The van der Waals surface area contributed by atoms with E-state index in [4.69, 9.17) is 9.15 Å². The fraction of sp³-hybridized carbons (Fsp3) is 0.240. The minimum absolute atomic E-state index is 0.0864. The van der Waals surface area contributed by atoms with Crippen LogP contribution in [-0.2, 0) is 27.8 Å². The van der Waals surface area contributed by atoms with Crippen LogP contribution in [0.3, 0.4) is 0 Å². The van der Waals surface area contributed by atoms with E-state index >= 15 is 0 Å². The van der Waals surface area contributed by atoms with Crippen molar-refractivity contribution in [3.63, 3.8) is 0 Å². The number of hydrogen-bond acceptors (Lipinski definition) is 5. The van der Waals surface area contributed by atoms with Gasteiger partial charge in [-0.3, -0.25) is 0 Å². The number of ether oxygens (including phenoxy) is 1. The monoisotopic (exact) mass is 466 g/mol. The molecule has 2 aromatic heterocycles. The third kappa shape index (κ3) is 4.86. The summed E-state index contributed by atoms with van der Waals surface area (Å²) in [4.78, 5) is 12.2. The van der Waals surface area contributed by atoms with E-state index in [1.807, 2.05) is 48.0 Å². The quantitative estimate of drug-likeness (QED) is 0.385. The zero-order valence-corrected chi connectivity index (χ0v) is 19.6. The fourth-order valence-corrected chi connectivity index (χ4v) is 4.81. The molecule has 0 spiro atoms. The van der Waals surface area contributed by atoms with E-state index in [0.29, 0.717) is 23.1 Å². The van der Waals surface area contributed by atoms with Gasteiger partial charge in [-0.15, -0.1) is 0 Å². The molecule has 7 nitrogen and oxygen atoms in total. The number of hydrogen-bond donors (Lipinski definition) is 1. The summed E-state index contributed by atoms with van der Waals surface area (Å²) in [6.45, 7) is 6.50. The number of sulfonamides is 1. The maximum Gasteiger partial charge on any atom is 0.374 e. The summed E-state index contributed by atoms with van der Waals surface area (Å²) in [7, 11) is -3.78. The normalized spacial score (nSPS) is 11.7. The van der Waals surface area contributed by atoms with Gasteiger partial charge in [-0.05, 0) is 56.7 Å². The Morgan fingerprint density at radius 1 is 1.09 bits per heavy atom. The fourth-order valence-electron chi connectivity index (χ4n) is 3.78. The molecular formula is C25H26N2O5S. The second-order valence-electron chi connectivity index (χ2n) is 7.88. The van der Waals surface area contributed by atoms with Gasteiger partial charge in [-0.2, -0.15) is 0 Å². The van der Waals surface area contributed by atoms with Gasteiger partial charge in [0.05, 0.1) is 18.0 Å². The topological polar surface area (TPSA) is 90.5 Å². The Morgan fingerprint density at radius 3 is 2.67 bits per heavy atom. The van der Waals surface area contributed by atoms with Crippen molar-refractivity contribution in [2.45, 2.75) is 38.8 Å². The molecule has 2 heterocycles. The highest BCUT2D eigenvalue weighted by Gasteiger charge is 2.22. The SMILES string of the molecule is CCOC(=O)c1oc2ccc(S(=O)(=O)NCc3cccn3Cc3cccc(C)c3)cc2c1C. The van der Waals surface area contributed by atoms with Crippen molar-refractivity contribution in [2.24, 2.45) is 0 Å². The molecule has 0 saturated carbocycles. The number of furan rings is 1. The van der Waals surface area contributed by atoms with Gasteiger partial charge in [0.15, 0.2) is 0 Å². The second kappa shape index (κ2) is 9.25. The van der Waals surface area contributed by atoms with E-state index in [1.54, 1.807) is 19.9 Å². The standard InChI is InChI=1S/C25H26N2O5S/c1-4-31-25(28)24-18(3)22-14-21(10-11-23(22)32-24)33(29,30)26-15-20-9-6-12-27(20)16-19-8-5-7-17(2)13-19/h5-14,26H,4,15-16H2,1-3H3. The lowest BCUT2D eigenvalue weighted by Crippen LogP contribution is -2.24. The molecule has 0 amide bonds. The maximum absolute atomic E-state index is 13.0. The molecule has 4 rings (SSSR count). The number of nitrogens with one attached hydrogen (secondary N) is 1. The van der Waals surface area contributed by atoms with E-state index < -0.39 is 16.0 Å². The van der Waals surface area contributed by atoms with E-state index in [-0.39, 0.29) is 23.8 Å². The Morgan fingerprint density at radius 2 is 1.91 bits per heavy atom. The van der Waals surface area contributed by atoms with E-state index in [2.05, 4.69) is 10.8 Å². The lowest BCUT2D eigenvalue weighted by atomic mass is 10.1. The molecule has 2 aromatic carbocycles. The van der Waals surface area contributed by atoms with Crippen molar-refractivity contribution >= 4 is 27.0 Å². The van der Waals surface area contributed by atoms with Crippen LogP contribution in [0.15, 0.2) is 70.1 Å². The number of aryl methyl sites for hydroxylation is 2. The lowest BCUT2D eigenvalue weighted by Gasteiger charge is -2.12. The first-order valence-corrected chi connectivity index (χ1v) is 12.2. The Labute approximate surface area is 193 Å². The molecule has 0 unspecified atom stereocenters. The van der Waals surface area contributed by atoms with Crippen LogP contribution in [0.4, 0.5) is 0 Å². The van der Waals surface area contributed by atoms with E-state index in [0.717, 1.165) is 11.3 Å². The lowest BCUT2D eigenvalue weighted by molar-refractivity contribution is 0.0491. The number of nitrogens with zero attached hydrogens (tertiary/aromatic N) is 1.